The van der Waals surface area contributed by atoms with Crippen LogP contribution in [0.4, 0.5) is 0 Å². The molecule has 0 radical (unpaired) electrons. The van der Waals surface area contributed by atoms with Gasteiger partial charge in [-0.3, -0.25) is 9.59 Å². The predicted octanol–water partition coefficient (Wildman–Crippen LogP) is 3.62. The Bertz CT molecular complexity index is 926. The highest BCUT2D eigenvalue weighted by molar-refractivity contribution is 5.86. The van der Waals surface area contributed by atoms with Crippen molar-refractivity contribution in [1.29, 1.82) is 0 Å². The first-order chi connectivity index (χ1) is 15.0. The highest BCUT2D eigenvalue weighted by Gasteiger charge is 2.45. The smallest absolute Gasteiger partial charge is 0.228 e. The topological polar surface area (TPSA) is 75.2 Å². The third-order valence-corrected chi connectivity index (χ3v) is 6.66. The molecule has 4 rings (SSSR count). The van der Waals surface area contributed by atoms with Gasteiger partial charge in [0.05, 0.1) is 5.41 Å². The lowest BCUT2D eigenvalue weighted by molar-refractivity contribution is -0.146. The maximum Gasteiger partial charge on any atom is 0.228 e. The van der Waals surface area contributed by atoms with Crippen molar-refractivity contribution >= 4 is 11.8 Å². The summed E-state index contributed by atoms with van der Waals surface area (Å²) in [6.07, 6.45) is 10.4. The minimum atomic E-state index is -0.631. The lowest BCUT2D eigenvalue weighted by atomic mass is 9.72. The van der Waals surface area contributed by atoms with Crippen LogP contribution in [0.5, 0.6) is 0 Å². The molecular formula is C25H32N4O2. The van der Waals surface area contributed by atoms with Gasteiger partial charge in [-0.1, -0.05) is 30.7 Å². The molecule has 1 atom stereocenters. The number of nitrogens with one attached hydrogen (secondary N) is 1. The van der Waals surface area contributed by atoms with E-state index >= 15 is 0 Å². The fourth-order valence-electron chi connectivity index (χ4n) is 4.82. The van der Waals surface area contributed by atoms with Crippen molar-refractivity contribution in [3.63, 3.8) is 0 Å². The molecule has 1 saturated carbocycles. The fraction of sp³-hybridized carbons (Fsp3) is 0.520. The number of nitrogens with zero attached hydrogens (tertiary/aromatic N) is 3. The van der Waals surface area contributed by atoms with Crippen molar-refractivity contribution < 1.29 is 9.59 Å². The molecule has 2 amide bonds. The van der Waals surface area contributed by atoms with Crippen LogP contribution in [-0.2, 0) is 16.0 Å². The molecule has 31 heavy (non-hydrogen) atoms. The Balaban J connectivity index is 1.66. The molecule has 1 aliphatic heterocycles. The monoisotopic (exact) mass is 420 g/mol. The molecular weight excluding hydrogens is 388 g/mol. The van der Waals surface area contributed by atoms with E-state index in [-0.39, 0.29) is 23.8 Å². The van der Waals surface area contributed by atoms with Crippen LogP contribution in [-0.4, -0.2) is 45.8 Å². The van der Waals surface area contributed by atoms with Crippen LogP contribution < -0.4 is 5.32 Å². The first kappa shape index (κ1) is 21.5. The van der Waals surface area contributed by atoms with Crippen LogP contribution in [0, 0.1) is 11.3 Å². The summed E-state index contributed by atoms with van der Waals surface area (Å²) in [5.74, 6) is 0.433. The standard InChI is InChI=1S/C25H32N4O2/c1-18(2)28-24(31)25(11-6-12-29(16-25)23(30)19-8-5-9-19)13-20-7-3-4-10-22(20)21-14-26-17-27-15-21/h3-4,7,10,14-15,17-19H,5-6,8-9,11-13,16H2,1-2H3,(H,28,31)/t25-/m1/s1. The van der Waals surface area contributed by atoms with E-state index in [1.54, 1.807) is 12.4 Å². The van der Waals surface area contributed by atoms with Crippen molar-refractivity contribution in [2.24, 2.45) is 11.3 Å². The second-order valence-electron chi connectivity index (χ2n) is 9.36. The lowest BCUT2D eigenvalue weighted by Gasteiger charge is -2.44. The lowest BCUT2D eigenvalue weighted by Crippen LogP contribution is -2.56. The molecule has 164 valence electrons. The van der Waals surface area contributed by atoms with E-state index in [4.69, 9.17) is 0 Å². The Kier molecular flexibility index (Phi) is 6.35. The van der Waals surface area contributed by atoms with Gasteiger partial charge in [0.15, 0.2) is 0 Å². The highest BCUT2D eigenvalue weighted by atomic mass is 16.2. The number of hydrogen-bond donors (Lipinski definition) is 1. The van der Waals surface area contributed by atoms with Crippen LogP contribution in [0.15, 0.2) is 43.0 Å². The Morgan fingerprint density at radius 3 is 2.58 bits per heavy atom. The van der Waals surface area contributed by atoms with Gasteiger partial charge in [-0.25, -0.2) is 9.97 Å². The molecule has 2 aromatic rings. The van der Waals surface area contributed by atoms with E-state index in [9.17, 15) is 9.59 Å². The van der Waals surface area contributed by atoms with Crippen molar-refractivity contribution in [2.75, 3.05) is 13.1 Å². The third-order valence-electron chi connectivity index (χ3n) is 6.66. The molecule has 2 aliphatic rings. The van der Waals surface area contributed by atoms with Gasteiger partial charge < -0.3 is 10.2 Å². The average Bonchev–Trinajstić information content (AvgIpc) is 2.73. The Labute approximate surface area is 184 Å². The SMILES string of the molecule is CC(C)NC(=O)[C@@]1(Cc2ccccc2-c2cncnc2)CCCN(C(=O)C2CCC2)C1. The number of carbonyl (C=O) groups excluding carboxylic acids is 2. The summed E-state index contributed by atoms with van der Waals surface area (Å²) < 4.78 is 0. The van der Waals surface area contributed by atoms with Crippen molar-refractivity contribution in [3.8, 4) is 11.1 Å². The molecule has 2 heterocycles. The summed E-state index contributed by atoms with van der Waals surface area (Å²) in [7, 11) is 0. The van der Waals surface area contributed by atoms with E-state index in [0.29, 0.717) is 13.0 Å². The number of amides is 2. The maximum absolute atomic E-state index is 13.5. The zero-order valence-corrected chi connectivity index (χ0v) is 18.5. The molecule has 6 heteroatoms. The third kappa shape index (κ3) is 4.63. The minimum Gasteiger partial charge on any atom is -0.353 e. The van der Waals surface area contributed by atoms with Gasteiger partial charge in [0, 0.05) is 43.0 Å². The van der Waals surface area contributed by atoms with Crippen molar-refractivity contribution in [3.05, 3.63) is 48.5 Å². The molecule has 1 aromatic carbocycles. The van der Waals surface area contributed by atoms with E-state index in [1.807, 2.05) is 30.9 Å². The molecule has 0 bridgehead atoms. The Hall–Kier alpha value is -2.76. The summed E-state index contributed by atoms with van der Waals surface area (Å²) in [4.78, 5) is 36.9. The number of benzene rings is 1. The quantitative estimate of drug-likeness (QED) is 0.775. The summed E-state index contributed by atoms with van der Waals surface area (Å²) in [6, 6.07) is 8.21. The van der Waals surface area contributed by atoms with Gasteiger partial charge in [0.2, 0.25) is 11.8 Å². The Morgan fingerprint density at radius 1 is 1.16 bits per heavy atom. The van der Waals surface area contributed by atoms with Gasteiger partial charge in [0.1, 0.15) is 6.33 Å². The van der Waals surface area contributed by atoms with Gasteiger partial charge in [-0.05, 0) is 57.1 Å². The van der Waals surface area contributed by atoms with E-state index in [2.05, 4.69) is 27.4 Å². The molecule has 2 fully saturated rings. The molecule has 1 aromatic heterocycles. The van der Waals surface area contributed by atoms with E-state index in [1.165, 1.54) is 6.33 Å². The van der Waals surface area contributed by atoms with E-state index < -0.39 is 5.41 Å². The normalized spacial score (nSPS) is 21.6. The summed E-state index contributed by atoms with van der Waals surface area (Å²) in [5, 5.41) is 3.15. The van der Waals surface area contributed by atoms with Crippen LogP contribution in [0.2, 0.25) is 0 Å². The molecule has 1 saturated heterocycles. The van der Waals surface area contributed by atoms with Gasteiger partial charge in [-0.15, -0.1) is 0 Å². The number of rotatable bonds is 6. The number of aromatic nitrogens is 2. The van der Waals surface area contributed by atoms with Crippen LogP contribution in [0.1, 0.15) is 51.5 Å². The molecule has 0 unspecified atom stereocenters. The van der Waals surface area contributed by atoms with Gasteiger partial charge in [-0.2, -0.15) is 0 Å². The highest BCUT2D eigenvalue weighted by Crippen LogP contribution is 2.39. The van der Waals surface area contributed by atoms with Crippen LogP contribution >= 0.6 is 0 Å². The summed E-state index contributed by atoms with van der Waals surface area (Å²) >= 11 is 0. The van der Waals surface area contributed by atoms with Crippen molar-refractivity contribution in [1.82, 2.24) is 20.2 Å². The summed E-state index contributed by atoms with van der Waals surface area (Å²) in [5.41, 5.74) is 2.44. The minimum absolute atomic E-state index is 0.0488. The number of piperidine rings is 1. The molecule has 1 aliphatic carbocycles. The van der Waals surface area contributed by atoms with Gasteiger partial charge in [0.25, 0.3) is 0 Å². The number of carbonyl (C=O) groups is 2. The summed E-state index contributed by atoms with van der Waals surface area (Å²) in [6.45, 7) is 5.21. The number of likely N-dealkylation sites (tertiary alicyclic amines) is 1. The van der Waals surface area contributed by atoms with Crippen LogP contribution in [0.3, 0.4) is 0 Å². The number of hydrogen-bond acceptors (Lipinski definition) is 4. The molecule has 0 spiro atoms. The fourth-order valence-corrected chi connectivity index (χ4v) is 4.82. The van der Waals surface area contributed by atoms with Crippen LogP contribution in [0.25, 0.3) is 11.1 Å². The predicted molar refractivity (Wildman–Crippen MR) is 120 cm³/mol. The van der Waals surface area contributed by atoms with Crippen molar-refractivity contribution in [2.45, 2.75) is 58.4 Å². The second kappa shape index (κ2) is 9.16. The maximum atomic E-state index is 13.5. The molecule has 1 N–H and O–H groups in total. The Morgan fingerprint density at radius 2 is 1.90 bits per heavy atom. The first-order valence-corrected chi connectivity index (χ1v) is 11.4. The second-order valence-corrected chi connectivity index (χ2v) is 9.36. The first-order valence-electron chi connectivity index (χ1n) is 11.4. The largest absolute Gasteiger partial charge is 0.353 e. The molecule has 6 nitrogen and oxygen atoms in total. The zero-order valence-electron chi connectivity index (χ0n) is 18.5. The van der Waals surface area contributed by atoms with Gasteiger partial charge >= 0.3 is 0 Å². The average molecular weight is 421 g/mol. The zero-order chi connectivity index (χ0) is 21.8. The van der Waals surface area contributed by atoms with E-state index in [0.717, 1.165) is 55.3 Å².